The largest absolute Gasteiger partial charge is 0.482 e. The van der Waals surface area contributed by atoms with E-state index in [9.17, 15) is 9.59 Å². The Kier molecular flexibility index (Phi) is 5.16. The fourth-order valence-corrected chi connectivity index (χ4v) is 3.20. The minimum absolute atomic E-state index is 0.0174. The molecule has 0 radical (unpaired) electrons. The van der Waals surface area contributed by atoms with Crippen LogP contribution in [0.4, 0.5) is 11.4 Å². The average Bonchev–Trinajstić information content (AvgIpc) is 2.97. The second kappa shape index (κ2) is 7.33. The number of hydrogen-bond acceptors (Lipinski definition) is 3. The number of nitrogens with one attached hydrogen (secondary N) is 1. The van der Waals surface area contributed by atoms with Crippen molar-refractivity contribution in [2.45, 2.75) is 13.3 Å². The number of carbonyl (C=O) groups is 2. The molecule has 0 aromatic heterocycles. The molecule has 2 amide bonds. The molecule has 130 valence electrons. The van der Waals surface area contributed by atoms with Gasteiger partial charge in [-0.3, -0.25) is 9.59 Å². The predicted octanol–water partition coefficient (Wildman–Crippen LogP) is 3.92. The Morgan fingerprint density at radius 3 is 2.72 bits per heavy atom. The van der Waals surface area contributed by atoms with Gasteiger partial charge in [0.25, 0.3) is 5.91 Å². The van der Waals surface area contributed by atoms with Crippen LogP contribution in [0.5, 0.6) is 5.75 Å². The summed E-state index contributed by atoms with van der Waals surface area (Å²) in [7, 11) is 0. The van der Waals surface area contributed by atoms with Crippen LogP contribution in [0.2, 0.25) is 10.0 Å². The highest BCUT2D eigenvalue weighted by Crippen LogP contribution is 2.30. The van der Waals surface area contributed by atoms with Crippen molar-refractivity contribution in [3.63, 3.8) is 0 Å². The van der Waals surface area contributed by atoms with Gasteiger partial charge in [0.05, 0.1) is 5.02 Å². The van der Waals surface area contributed by atoms with Crippen molar-refractivity contribution in [1.82, 2.24) is 0 Å². The standard InChI is InChI=1S/C18H16Cl2N2O3/c1-11(23)22-7-6-12-8-14(3-4-16(12)22)21-18(24)10-25-17-5-2-13(19)9-15(17)20/h2-5,8-9H,6-7,10H2,1H3,(H,21,24). The molecule has 0 unspecified atom stereocenters. The van der Waals surface area contributed by atoms with Gasteiger partial charge in [0.2, 0.25) is 5.91 Å². The van der Waals surface area contributed by atoms with Gasteiger partial charge in [-0.05, 0) is 48.4 Å². The van der Waals surface area contributed by atoms with E-state index < -0.39 is 0 Å². The Hall–Kier alpha value is -2.24. The van der Waals surface area contributed by atoms with Gasteiger partial charge >= 0.3 is 0 Å². The molecule has 1 aliphatic rings. The molecular formula is C18H16Cl2N2O3. The van der Waals surface area contributed by atoms with Crippen LogP contribution in [-0.4, -0.2) is 25.0 Å². The lowest BCUT2D eigenvalue weighted by Crippen LogP contribution is -2.25. The molecule has 1 N–H and O–H groups in total. The molecule has 1 heterocycles. The first-order valence-corrected chi connectivity index (χ1v) is 8.48. The molecule has 0 aliphatic carbocycles. The molecule has 5 nitrogen and oxygen atoms in total. The summed E-state index contributed by atoms with van der Waals surface area (Å²) < 4.78 is 5.41. The van der Waals surface area contributed by atoms with Crippen molar-refractivity contribution >= 4 is 46.4 Å². The summed E-state index contributed by atoms with van der Waals surface area (Å²) in [5.41, 5.74) is 2.60. The molecule has 0 atom stereocenters. The highest BCUT2D eigenvalue weighted by Gasteiger charge is 2.22. The molecule has 7 heteroatoms. The maximum Gasteiger partial charge on any atom is 0.262 e. The van der Waals surface area contributed by atoms with Gasteiger partial charge < -0.3 is 15.0 Å². The first-order valence-electron chi connectivity index (χ1n) is 7.73. The lowest BCUT2D eigenvalue weighted by Gasteiger charge is -2.15. The Morgan fingerprint density at radius 1 is 1.20 bits per heavy atom. The van der Waals surface area contributed by atoms with Gasteiger partial charge in [-0.1, -0.05) is 23.2 Å². The van der Waals surface area contributed by atoms with Crippen LogP contribution in [0, 0.1) is 0 Å². The van der Waals surface area contributed by atoms with Crippen LogP contribution >= 0.6 is 23.2 Å². The summed E-state index contributed by atoms with van der Waals surface area (Å²) in [6.07, 6.45) is 0.773. The maximum atomic E-state index is 12.1. The molecule has 0 fully saturated rings. The summed E-state index contributed by atoms with van der Waals surface area (Å²) in [6.45, 7) is 2.04. The SMILES string of the molecule is CC(=O)N1CCc2cc(NC(=O)COc3ccc(Cl)cc3Cl)ccc21. The Morgan fingerprint density at radius 2 is 2.00 bits per heavy atom. The van der Waals surface area contributed by atoms with Crippen LogP contribution in [-0.2, 0) is 16.0 Å². The fraction of sp³-hybridized carbons (Fsp3) is 0.222. The molecular weight excluding hydrogens is 363 g/mol. The summed E-state index contributed by atoms with van der Waals surface area (Å²) >= 11 is 11.8. The molecule has 0 spiro atoms. The number of carbonyl (C=O) groups excluding carboxylic acids is 2. The topological polar surface area (TPSA) is 58.6 Å². The quantitative estimate of drug-likeness (QED) is 0.876. The lowest BCUT2D eigenvalue weighted by molar-refractivity contribution is -0.118. The summed E-state index contributed by atoms with van der Waals surface area (Å²) in [5, 5.41) is 3.63. The highest BCUT2D eigenvalue weighted by atomic mass is 35.5. The number of halogens is 2. The molecule has 1 aliphatic heterocycles. The Bertz CT molecular complexity index is 839. The van der Waals surface area contributed by atoms with Crippen molar-refractivity contribution in [2.24, 2.45) is 0 Å². The van der Waals surface area contributed by atoms with Crippen molar-refractivity contribution in [3.8, 4) is 5.75 Å². The van der Waals surface area contributed by atoms with Gasteiger partial charge in [0, 0.05) is 29.9 Å². The van der Waals surface area contributed by atoms with Gasteiger partial charge in [-0.15, -0.1) is 0 Å². The van der Waals surface area contributed by atoms with E-state index in [2.05, 4.69) is 5.32 Å². The Balaban J connectivity index is 1.61. The number of ether oxygens (including phenoxy) is 1. The lowest BCUT2D eigenvalue weighted by atomic mass is 10.1. The van der Waals surface area contributed by atoms with Crippen LogP contribution in [0.15, 0.2) is 36.4 Å². The number of nitrogens with zero attached hydrogens (tertiary/aromatic N) is 1. The predicted molar refractivity (Wildman–Crippen MR) is 98.8 cm³/mol. The smallest absolute Gasteiger partial charge is 0.262 e. The van der Waals surface area contributed by atoms with Gasteiger partial charge in [-0.25, -0.2) is 0 Å². The highest BCUT2D eigenvalue weighted by molar-refractivity contribution is 6.35. The second-order valence-corrected chi connectivity index (χ2v) is 6.52. The number of hydrogen-bond donors (Lipinski definition) is 1. The molecule has 25 heavy (non-hydrogen) atoms. The fourth-order valence-electron chi connectivity index (χ4n) is 2.74. The minimum Gasteiger partial charge on any atom is -0.482 e. The van der Waals surface area contributed by atoms with Crippen molar-refractivity contribution in [3.05, 3.63) is 52.0 Å². The third-order valence-corrected chi connectivity index (χ3v) is 4.42. The molecule has 0 saturated heterocycles. The minimum atomic E-state index is -0.299. The van der Waals surface area contributed by atoms with Crippen molar-refractivity contribution in [1.29, 1.82) is 0 Å². The zero-order valence-corrected chi connectivity index (χ0v) is 15.0. The first kappa shape index (κ1) is 17.6. The normalized spacial score (nSPS) is 12.7. The van der Waals surface area contributed by atoms with Crippen LogP contribution in [0.1, 0.15) is 12.5 Å². The van der Waals surface area contributed by atoms with E-state index >= 15 is 0 Å². The molecule has 3 rings (SSSR count). The van der Waals surface area contributed by atoms with Gasteiger partial charge in [0.15, 0.2) is 6.61 Å². The maximum absolute atomic E-state index is 12.1. The van der Waals surface area contributed by atoms with Crippen molar-refractivity contribution < 1.29 is 14.3 Å². The second-order valence-electron chi connectivity index (χ2n) is 5.68. The zero-order chi connectivity index (χ0) is 18.0. The summed E-state index contributed by atoms with van der Waals surface area (Å²) in [6, 6.07) is 10.3. The molecule has 2 aromatic rings. The number of benzene rings is 2. The molecule has 2 aromatic carbocycles. The van der Waals surface area contributed by atoms with Crippen molar-refractivity contribution in [2.75, 3.05) is 23.4 Å². The number of anilines is 2. The van der Waals surface area contributed by atoms with Gasteiger partial charge in [0.1, 0.15) is 5.75 Å². The van der Waals surface area contributed by atoms with Crippen LogP contribution < -0.4 is 15.0 Å². The van der Waals surface area contributed by atoms with E-state index in [1.54, 1.807) is 36.1 Å². The Labute approximate surface area is 155 Å². The van der Waals surface area contributed by atoms with E-state index in [4.69, 9.17) is 27.9 Å². The number of rotatable bonds is 4. The molecule has 0 bridgehead atoms. The average molecular weight is 379 g/mol. The summed E-state index contributed by atoms with van der Waals surface area (Å²) in [4.78, 5) is 25.4. The third kappa shape index (κ3) is 4.06. The van der Waals surface area contributed by atoms with Gasteiger partial charge in [-0.2, -0.15) is 0 Å². The van der Waals surface area contributed by atoms with E-state index in [-0.39, 0.29) is 18.4 Å². The van der Waals surface area contributed by atoms with E-state index in [0.29, 0.717) is 28.0 Å². The van der Waals surface area contributed by atoms with E-state index in [1.807, 2.05) is 12.1 Å². The van der Waals surface area contributed by atoms with E-state index in [1.165, 1.54) is 0 Å². The van der Waals surface area contributed by atoms with Crippen LogP contribution in [0.3, 0.4) is 0 Å². The zero-order valence-electron chi connectivity index (χ0n) is 13.5. The molecule has 0 saturated carbocycles. The van der Waals surface area contributed by atoms with E-state index in [0.717, 1.165) is 17.7 Å². The third-order valence-electron chi connectivity index (χ3n) is 3.89. The monoisotopic (exact) mass is 378 g/mol. The number of amides is 2. The summed E-state index contributed by atoms with van der Waals surface area (Å²) in [5.74, 6) is 0.114. The number of fused-ring (bicyclic) bond motifs is 1. The van der Waals surface area contributed by atoms with Crippen LogP contribution in [0.25, 0.3) is 0 Å². The first-order chi connectivity index (χ1) is 11.9.